The van der Waals surface area contributed by atoms with Crippen molar-refractivity contribution >= 4 is 17.6 Å². The van der Waals surface area contributed by atoms with Crippen molar-refractivity contribution < 1.29 is 29.4 Å². The monoisotopic (exact) mass is 556 g/mol. The largest absolute Gasteiger partial charge is 0.481 e. The molecule has 0 unspecified atom stereocenters. The predicted molar refractivity (Wildman–Crippen MR) is 153 cm³/mol. The smallest absolute Gasteiger partial charge is 0.305 e. The molecule has 0 aromatic heterocycles. The highest BCUT2D eigenvalue weighted by atomic mass is 16.6. The van der Waals surface area contributed by atoms with Gasteiger partial charge in [-0.15, -0.1) is 0 Å². The van der Waals surface area contributed by atoms with E-state index >= 15 is 0 Å². The summed E-state index contributed by atoms with van der Waals surface area (Å²) in [6, 6.07) is -0.474. The van der Waals surface area contributed by atoms with Crippen molar-refractivity contribution in [2.75, 3.05) is 13.2 Å². The van der Waals surface area contributed by atoms with Gasteiger partial charge in [-0.25, -0.2) is 0 Å². The Hall–Kier alpha value is -2.19. The molecule has 1 amide bonds. The van der Waals surface area contributed by atoms with E-state index in [0.29, 0.717) is 42.9 Å². The second kappa shape index (κ2) is 10.6. The number of amides is 1. The Kier molecular flexibility index (Phi) is 7.75. The molecule has 1 saturated heterocycles. The van der Waals surface area contributed by atoms with E-state index in [2.05, 4.69) is 36.5 Å². The second-order valence-electron chi connectivity index (χ2n) is 14.4. The summed E-state index contributed by atoms with van der Waals surface area (Å²) >= 11 is 0. The fraction of sp³-hybridized carbons (Fsp3) is 0.781. The maximum absolute atomic E-state index is 12.7. The van der Waals surface area contributed by atoms with E-state index < -0.39 is 17.6 Å². The minimum atomic E-state index is -0.937. The SMILES string of the molecule is CC1(C)C[C@@H]([C@@H](CC(=O)O)NC(=O)CO/N=C2/C=C[C@@]3(C)C(=C2)CC[C@@H]2[C@@H]3CC[C@@]3(C)[C@H]2CC[C@]3(C)O)CCO1. The molecule has 4 fully saturated rings. The lowest BCUT2D eigenvalue weighted by Gasteiger charge is -2.58. The summed E-state index contributed by atoms with van der Waals surface area (Å²) in [6.45, 7) is 11.0. The fourth-order valence-corrected chi connectivity index (χ4v) is 9.07. The summed E-state index contributed by atoms with van der Waals surface area (Å²) in [5.41, 5.74) is 1.17. The van der Waals surface area contributed by atoms with Crippen LogP contribution in [0, 0.1) is 34.5 Å². The first-order valence-corrected chi connectivity index (χ1v) is 15.2. The number of nitrogens with zero attached hydrogens (tertiary/aromatic N) is 1. The Bertz CT molecular complexity index is 1110. The number of nitrogens with one attached hydrogen (secondary N) is 1. The number of aliphatic carboxylic acids is 1. The summed E-state index contributed by atoms with van der Waals surface area (Å²) < 4.78 is 5.77. The van der Waals surface area contributed by atoms with Gasteiger partial charge in [-0.2, -0.15) is 0 Å². The molecule has 222 valence electrons. The zero-order valence-electron chi connectivity index (χ0n) is 24.9. The minimum Gasteiger partial charge on any atom is -0.481 e. The lowest BCUT2D eigenvalue weighted by molar-refractivity contribution is -0.139. The van der Waals surface area contributed by atoms with Gasteiger partial charge in [-0.1, -0.05) is 30.7 Å². The van der Waals surface area contributed by atoms with Gasteiger partial charge in [-0.3, -0.25) is 9.59 Å². The van der Waals surface area contributed by atoms with Crippen LogP contribution in [0.2, 0.25) is 0 Å². The Morgan fingerprint density at radius 3 is 2.60 bits per heavy atom. The lowest BCUT2D eigenvalue weighted by atomic mass is 9.47. The number of oxime groups is 1. The van der Waals surface area contributed by atoms with Crippen molar-refractivity contribution in [3.8, 4) is 0 Å². The van der Waals surface area contributed by atoms with Gasteiger partial charge >= 0.3 is 5.97 Å². The van der Waals surface area contributed by atoms with Crippen LogP contribution in [-0.2, 0) is 19.2 Å². The first kappa shape index (κ1) is 29.3. The van der Waals surface area contributed by atoms with Crippen molar-refractivity contribution in [2.24, 2.45) is 39.7 Å². The highest BCUT2D eigenvalue weighted by Gasteiger charge is 2.62. The van der Waals surface area contributed by atoms with Crippen LogP contribution in [0.15, 0.2) is 29.0 Å². The molecule has 0 aromatic rings. The second-order valence-corrected chi connectivity index (χ2v) is 14.4. The molecule has 3 N–H and O–H groups in total. The van der Waals surface area contributed by atoms with Crippen molar-refractivity contribution in [2.45, 2.75) is 110 Å². The number of aliphatic hydroxyl groups is 1. The van der Waals surface area contributed by atoms with E-state index in [4.69, 9.17) is 9.57 Å². The molecule has 4 aliphatic carbocycles. The van der Waals surface area contributed by atoms with E-state index in [1.54, 1.807) is 0 Å². The van der Waals surface area contributed by atoms with Crippen LogP contribution in [0.5, 0.6) is 0 Å². The minimum absolute atomic E-state index is 0.00952. The molecular formula is C32H48N2O6. The number of carboxylic acid groups (broad SMARTS) is 1. The summed E-state index contributed by atoms with van der Waals surface area (Å²) in [5.74, 6) is 0.483. The van der Waals surface area contributed by atoms with Crippen molar-refractivity contribution in [3.63, 3.8) is 0 Å². The molecule has 0 aromatic carbocycles. The predicted octanol–water partition coefficient (Wildman–Crippen LogP) is 5.01. The summed E-state index contributed by atoms with van der Waals surface area (Å²) in [6.07, 6.45) is 14.0. The van der Waals surface area contributed by atoms with E-state index in [9.17, 15) is 19.8 Å². The molecule has 0 spiro atoms. The number of rotatable bonds is 7. The third kappa shape index (κ3) is 5.38. The number of hydrogen-bond donors (Lipinski definition) is 3. The van der Waals surface area contributed by atoms with Crippen molar-refractivity contribution in [1.29, 1.82) is 0 Å². The van der Waals surface area contributed by atoms with Gasteiger partial charge in [0.25, 0.3) is 5.91 Å². The normalized spacial score (nSPS) is 41.8. The maximum atomic E-state index is 12.7. The van der Waals surface area contributed by atoms with Crippen molar-refractivity contribution in [3.05, 3.63) is 23.8 Å². The molecule has 1 aliphatic heterocycles. The van der Waals surface area contributed by atoms with Gasteiger partial charge in [-0.05, 0) is 113 Å². The molecular weight excluding hydrogens is 508 g/mol. The molecule has 8 nitrogen and oxygen atoms in total. The topological polar surface area (TPSA) is 117 Å². The van der Waals surface area contributed by atoms with Crippen LogP contribution in [0.25, 0.3) is 0 Å². The van der Waals surface area contributed by atoms with E-state index in [1.807, 2.05) is 26.8 Å². The zero-order chi connectivity index (χ0) is 28.9. The van der Waals surface area contributed by atoms with Crippen LogP contribution in [0.3, 0.4) is 0 Å². The molecule has 8 atom stereocenters. The van der Waals surface area contributed by atoms with Crippen molar-refractivity contribution in [1.82, 2.24) is 5.32 Å². The molecule has 0 bridgehead atoms. The highest BCUT2D eigenvalue weighted by Crippen LogP contribution is 2.66. The maximum Gasteiger partial charge on any atom is 0.305 e. The molecule has 40 heavy (non-hydrogen) atoms. The summed E-state index contributed by atoms with van der Waals surface area (Å²) in [4.78, 5) is 29.6. The fourth-order valence-electron chi connectivity index (χ4n) is 9.07. The van der Waals surface area contributed by atoms with Crippen LogP contribution in [-0.4, -0.2) is 58.3 Å². The van der Waals surface area contributed by atoms with Gasteiger partial charge in [0, 0.05) is 18.1 Å². The molecule has 3 saturated carbocycles. The van der Waals surface area contributed by atoms with Gasteiger partial charge in [0.05, 0.1) is 17.6 Å². The Morgan fingerprint density at radius 2 is 1.88 bits per heavy atom. The number of carboxylic acids is 1. The van der Waals surface area contributed by atoms with E-state index in [-0.39, 0.29) is 41.3 Å². The standard InChI is InChI=1S/C32H48N2O6/c1-29(2)18-20(11-15-39-29)26(17-28(36)37)33-27(35)19-40-34-22-8-12-30(3)21(16-22)6-7-23-24(30)9-13-31(4)25(23)10-14-32(31,5)38/h8,12,16,20,23-26,38H,6-7,9-11,13-15,17-19H2,1-5H3,(H,33,35)(H,36,37)/b34-22-/t20-,23+,24-,25-,26+,30-,31-,32-/m0/s1. The number of allylic oxidation sites excluding steroid dienone is 4. The molecule has 5 aliphatic rings. The first-order valence-electron chi connectivity index (χ1n) is 15.2. The third-order valence-electron chi connectivity index (χ3n) is 11.5. The number of ether oxygens (including phenoxy) is 1. The van der Waals surface area contributed by atoms with Gasteiger partial charge in [0.2, 0.25) is 0 Å². The van der Waals surface area contributed by atoms with Crippen LogP contribution >= 0.6 is 0 Å². The first-order chi connectivity index (χ1) is 18.7. The van der Waals surface area contributed by atoms with Gasteiger partial charge in [0.15, 0.2) is 6.61 Å². The molecule has 1 heterocycles. The Morgan fingerprint density at radius 1 is 1.12 bits per heavy atom. The number of hydrogen-bond acceptors (Lipinski definition) is 6. The number of fused-ring (bicyclic) bond motifs is 5. The van der Waals surface area contributed by atoms with Gasteiger partial charge in [0.1, 0.15) is 5.71 Å². The van der Waals surface area contributed by atoms with Crippen LogP contribution < -0.4 is 5.32 Å². The highest BCUT2D eigenvalue weighted by molar-refractivity contribution is 6.05. The average molecular weight is 557 g/mol. The number of carbonyl (C=O) groups is 2. The summed E-state index contributed by atoms with van der Waals surface area (Å²) in [7, 11) is 0. The molecule has 8 heteroatoms. The quantitative estimate of drug-likeness (QED) is 0.380. The van der Waals surface area contributed by atoms with Crippen LogP contribution in [0.1, 0.15) is 92.4 Å². The lowest BCUT2D eigenvalue weighted by Crippen LogP contribution is -2.53. The Balaban J connectivity index is 1.19. The third-order valence-corrected chi connectivity index (χ3v) is 11.5. The zero-order valence-corrected chi connectivity index (χ0v) is 24.9. The summed E-state index contributed by atoms with van der Waals surface area (Å²) in [5, 5.41) is 27.7. The number of carbonyl (C=O) groups excluding carboxylic acids is 1. The average Bonchev–Trinajstić information content (AvgIpc) is 3.11. The van der Waals surface area contributed by atoms with Crippen LogP contribution in [0.4, 0.5) is 0 Å². The molecule has 0 radical (unpaired) electrons. The van der Waals surface area contributed by atoms with E-state index in [1.165, 1.54) is 5.57 Å². The Labute approximate surface area is 238 Å². The van der Waals surface area contributed by atoms with Gasteiger partial charge < -0.3 is 25.1 Å². The molecule has 5 rings (SSSR count). The van der Waals surface area contributed by atoms with E-state index in [0.717, 1.165) is 38.5 Å².